The molecule has 2 fully saturated rings. The Morgan fingerprint density at radius 1 is 1.33 bits per heavy atom. The maximum atomic E-state index is 11.1. The zero-order chi connectivity index (χ0) is 20.0. The predicted octanol–water partition coefficient (Wildman–Crippen LogP) is -0.896. The lowest BCUT2D eigenvalue weighted by atomic mass is 10.1. The predicted molar refractivity (Wildman–Crippen MR) is 100 cm³/mol. The molecule has 3 heterocycles. The number of anilines is 2. The second kappa shape index (κ2) is 9.46. The average Bonchev–Trinajstić information content (AvgIpc) is 3.16. The lowest BCUT2D eigenvalue weighted by molar-refractivity contribution is -0.147. The number of carbonyl (C=O) groups is 2. The number of hydrogen-bond donors (Lipinski definition) is 5. The van der Waals surface area contributed by atoms with E-state index in [0.717, 1.165) is 25.9 Å². The third-order valence-corrected chi connectivity index (χ3v) is 5.30. The fourth-order valence-electron chi connectivity index (χ4n) is 2.80. The molecule has 11 nitrogen and oxygen atoms in total. The molecule has 1 amide bonds. The van der Waals surface area contributed by atoms with Crippen LogP contribution >= 0.6 is 11.8 Å². The van der Waals surface area contributed by atoms with E-state index < -0.39 is 12.0 Å². The molecule has 7 N–H and O–H groups in total. The monoisotopic (exact) mass is 399 g/mol. The number of nitrogens with two attached hydrogens (primary N) is 2. The number of rotatable bonds is 3. The van der Waals surface area contributed by atoms with Crippen molar-refractivity contribution < 1.29 is 19.9 Å². The van der Waals surface area contributed by atoms with Crippen LogP contribution in [0.5, 0.6) is 0 Å². The van der Waals surface area contributed by atoms with Crippen molar-refractivity contribution in [1.82, 2.24) is 14.6 Å². The maximum absolute atomic E-state index is 11.1. The molecule has 1 aromatic rings. The summed E-state index contributed by atoms with van der Waals surface area (Å²) in [6, 6.07) is 0.912. The van der Waals surface area contributed by atoms with Gasteiger partial charge in [-0.15, -0.1) is 16.5 Å². The van der Waals surface area contributed by atoms with E-state index in [1.807, 2.05) is 0 Å². The van der Waals surface area contributed by atoms with Gasteiger partial charge in [0.25, 0.3) is 5.62 Å². The number of nitrogen functional groups attached to an aromatic ring is 1. The highest BCUT2D eigenvalue weighted by atomic mass is 32.2. The van der Waals surface area contributed by atoms with Crippen LogP contribution in [0.3, 0.4) is 0 Å². The normalized spacial score (nSPS) is 19.4. The number of thioether (sulfide) groups is 1. The number of piperidine rings is 1. The van der Waals surface area contributed by atoms with Gasteiger partial charge in [0.05, 0.1) is 12.4 Å². The minimum absolute atomic E-state index is 0.121. The molecule has 2 aliphatic rings. The molecule has 27 heavy (non-hydrogen) atoms. The van der Waals surface area contributed by atoms with E-state index in [1.165, 1.54) is 23.1 Å². The molecule has 0 aliphatic carbocycles. The highest BCUT2D eigenvalue weighted by Crippen LogP contribution is 2.20. The summed E-state index contributed by atoms with van der Waals surface area (Å²) in [5.41, 5.74) is 10.4. The van der Waals surface area contributed by atoms with Crippen LogP contribution in [-0.4, -0.2) is 74.1 Å². The number of aromatic nitrogens is 2. The highest BCUT2D eigenvalue weighted by molar-refractivity contribution is 7.99. The van der Waals surface area contributed by atoms with Crippen molar-refractivity contribution in [1.29, 1.82) is 5.41 Å². The van der Waals surface area contributed by atoms with E-state index in [1.54, 1.807) is 6.07 Å². The number of carbonyl (C=O) groups excluding carboxylic acids is 1. The topological polar surface area (TPSA) is 175 Å². The second-order valence-corrected chi connectivity index (χ2v) is 7.14. The van der Waals surface area contributed by atoms with Crippen LogP contribution in [0, 0.1) is 5.41 Å². The standard InChI is InChI=1S/C9H15N5O.C6H10N2O3S/c10-7-6-8(12-9(11)14(7)15)13-4-2-1-3-5-13;7-1-5(9)8-3-12-2-4(8)6(10)11/h6,11,15H,1-5,10H2;4H,1-3,7H2,(H,10,11). The minimum Gasteiger partial charge on any atom is -0.480 e. The summed E-state index contributed by atoms with van der Waals surface area (Å²) in [5.74, 6) is 0.473. The lowest BCUT2D eigenvalue weighted by Gasteiger charge is -2.27. The van der Waals surface area contributed by atoms with E-state index >= 15 is 0 Å². The van der Waals surface area contributed by atoms with Crippen LogP contribution in [0.2, 0.25) is 0 Å². The first-order valence-electron chi connectivity index (χ1n) is 8.53. The van der Waals surface area contributed by atoms with Crippen molar-refractivity contribution >= 4 is 35.3 Å². The van der Waals surface area contributed by atoms with Crippen molar-refractivity contribution in [2.45, 2.75) is 25.3 Å². The van der Waals surface area contributed by atoms with Crippen molar-refractivity contribution in [3.63, 3.8) is 0 Å². The van der Waals surface area contributed by atoms with Crippen molar-refractivity contribution in [3.8, 4) is 0 Å². The largest absolute Gasteiger partial charge is 0.480 e. The quantitative estimate of drug-likeness (QED) is 0.403. The maximum Gasteiger partial charge on any atom is 0.327 e. The zero-order valence-corrected chi connectivity index (χ0v) is 15.7. The molecule has 12 heteroatoms. The van der Waals surface area contributed by atoms with Crippen LogP contribution in [0.4, 0.5) is 11.6 Å². The number of carboxylic acids is 1. The molecule has 0 aromatic carbocycles. The van der Waals surface area contributed by atoms with Gasteiger partial charge in [0, 0.05) is 24.9 Å². The van der Waals surface area contributed by atoms with Crippen LogP contribution in [0.25, 0.3) is 0 Å². The Kier molecular flexibility index (Phi) is 7.30. The first-order valence-corrected chi connectivity index (χ1v) is 9.69. The fraction of sp³-hybridized carbons (Fsp3) is 0.600. The number of nitrogens with zero attached hydrogens (tertiary/aromatic N) is 4. The Hall–Kier alpha value is -2.47. The van der Waals surface area contributed by atoms with E-state index in [4.69, 9.17) is 22.0 Å². The van der Waals surface area contributed by atoms with Gasteiger partial charge in [-0.25, -0.2) is 4.79 Å². The van der Waals surface area contributed by atoms with Gasteiger partial charge in [-0.2, -0.15) is 4.98 Å². The molecule has 1 unspecified atom stereocenters. The molecule has 0 saturated carbocycles. The summed E-state index contributed by atoms with van der Waals surface area (Å²) in [6.45, 7) is 1.77. The van der Waals surface area contributed by atoms with Gasteiger partial charge in [-0.3, -0.25) is 10.2 Å². The third kappa shape index (κ3) is 5.26. The Morgan fingerprint density at radius 2 is 2.00 bits per heavy atom. The summed E-state index contributed by atoms with van der Waals surface area (Å²) < 4.78 is 0.577. The van der Waals surface area contributed by atoms with Gasteiger partial charge in [-0.1, -0.05) is 0 Å². The van der Waals surface area contributed by atoms with E-state index in [-0.39, 0.29) is 23.9 Å². The first-order chi connectivity index (χ1) is 12.8. The summed E-state index contributed by atoms with van der Waals surface area (Å²) in [7, 11) is 0. The van der Waals surface area contributed by atoms with Gasteiger partial charge in [-0.05, 0) is 19.3 Å². The van der Waals surface area contributed by atoms with Gasteiger partial charge in [0.2, 0.25) is 5.91 Å². The number of hydrogen-bond acceptors (Lipinski definition) is 9. The third-order valence-electron chi connectivity index (χ3n) is 4.29. The Bertz CT molecular complexity index is 735. The van der Waals surface area contributed by atoms with Crippen LogP contribution < -0.4 is 22.0 Å². The molecular weight excluding hydrogens is 374 g/mol. The van der Waals surface area contributed by atoms with Crippen LogP contribution in [-0.2, 0) is 9.59 Å². The van der Waals surface area contributed by atoms with Crippen LogP contribution in [0.15, 0.2) is 6.07 Å². The van der Waals surface area contributed by atoms with Crippen LogP contribution in [0.1, 0.15) is 19.3 Å². The van der Waals surface area contributed by atoms with Gasteiger partial charge in [0.1, 0.15) is 17.7 Å². The van der Waals surface area contributed by atoms with Gasteiger partial charge >= 0.3 is 5.97 Å². The molecule has 2 saturated heterocycles. The Balaban J connectivity index is 0.000000199. The second-order valence-electron chi connectivity index (χ2n) is 6.14. The number of nitrogens with one attached hydrogen (secondary N) is 1. The molecular formula is C15H25N7O4S. The number of amides is 1. The summed E-state index contributed by atoms with van der Waals surface area (Å²) in [4.78, 5) is 29.0. The number of carboxylic acid groups (broad SMARTS) is 1. The molecule has 0 radical (unpaired) electrons. The highest BCUT2D eigenvalue weighted by Gasteiger charge is 2.33. The van der Waals surface area contributed by atoms with Crippen molar-refractivity contribution in [2.24, 2.45) is 5.73 Å². The molecule has 1 aromatic heterocycles. The van der Waals surface area contributed by atoms with E-state index in [9.17, 15) is 14.8 Å². The first kappa shape index (κ1) is 20.8. The van der Waals surface area contributed by atoms with Crippen molar-refractivity contribution in [2.75, 3.05) is 41.9 Å². The SMILES string of the molecule is N=c1nc(N2CCCCC2)cc(N)n1O.NCC(=O)N1CSCC1C(=O)O. The lowest BCUT2D eigenvalue weighted by Crippen LogP contribution is -2.44. The molecule has 0 spiro atoms. The number of aliphatic carboxylic acids is 1. The van der Waals surface area contributed by atoms with E-state index in [0.29, 0.717) is 22.2 Å². The average molecular weight is 399 g/mol. The Labute approximate surface area is 160 Å². The van der Waals surface area contributed by atoms with Gasteiger partial charge in [0.15, 0.2) is 0 Å². The molecule has 3 rings (SSSR count). The summed E-state index contributed by atoms with van der Waals surface area (Å²) in [5, 5.41) is 25.3. The fourth-order valence-corrected chi connectivity index (χ4v) is 3.97. The Morgan fingerprint density at radius 3 is 2.56 bits per heavy atom. The van der Waals surface area contributed by atoms with Gasteiger partial charge < -0.3 is 31.6 Å². The summed E-state index contributed by atoms with van der Waals surface area (Å²) >= 11 is 1.43. The molecule has 2 aliphatic heterocycles. The van der Waals surface area contributed by atoms with Crippen molar-refractivity contribution in [3.05, 3.63) is 11.7 Å². The summed E-state index contributed by atoms with van der Waals surface area (Å²) in [6.07, 6.45) is 3.53. The van der Waals surface area contributed by atoms with E-state index in [2.05, 4.69) is 9.88 Å². The minimum atomic E-state index is -0.957. The molecule has 150 valence electrons. The molecule has 0 bridgehead atoms. The zero-order valence-electron chi connectivity index (χ0n) is 14.9. The molecule has 1 atom stereocenters. The smallest absolute Gasteiger partial charge is 0.327 e.